The van der Waals surface area contributed by atoms with E-state index in [1.54, 1.807) is 0 Å². The predicted molar refractivity (Wildman–Crippen MR) is 82.6 cm³/mol. The molecule has 1 saturated carbocycles. The van der Waals surface area contributed by atoms with Gasteiger partial charge in [-0.1, -0.05) is 6.07 Å². The topological polar surface area (TPSA) is 15.3 Å². The first-order valence-electron chi connectivity index (χ1n) is 7.61. The van der Waals surface area contributed by atoms with Crippen LogP contribution in [0.2, 0.25) is 0 Å². The molecule has 0 aromatic heterocycles. The van der Waals surface area contributed by atoms with Crippen LogP contribution in [0.4, 0.5) is 8.78 Å². The van der Waals surface area contributed by atoms with Crippen molar-refractivity contribution in [1.29, 1.82) is 0 Å². The van der Waals surface area contributed by atoms with Gasteiger partial charge in [0.1, 0.15) is 11.6 Å². The van der Waals surface area contributed by atoms with Crippen LogP contribution in [0.25, 0.3) is 0 Å². The molecule has 1 N–H and O–H groups in total. The Kier molecular flexibility index (Phi) is 5.97. The van der Waals surface area contributed by atoms with Gasteiger partial charge in [0.2, 0.25) is 0 Å². The molecular weight excluding hydrogens is 294 g/mol. The van der Waals surface area contributed by atoms with E-state index in [9.17, 15) is 8.78 Å². The van der Waals surface area contributed by atoms with Gasteiger partial charge in [0, 0.05) is 24.7 Å². The van der Waals surface area contributed by atoms with E-state index in [0.29, 0.717) is 18.5 Å². The minimum Gasteiger partial charge on any atom is -0.316 e. The number of nitrogens with one attached hydrogen (secondary N) is 1. The summed E-state index contributed by atoms with van der Waals surface area (Å²) in [7, 11) is 0. The summed E-state index contributed by atoms with van der Waals surface area (Å²) in [5, 5.41) is 3.41. The predicted octanol–water partition coefficient (Wildman–Crippen LogP) is 3.35. The number of nitrogens with zero attached hydrogens (tertiary/aromatic N) is 1. The maximum absolute atomic E-state index is 13.8. The van der Waals surface area contributed by atoms with Crippen molar-refractivity contribution in [2.24, 2.45) is 5.92 Å². The highest BCUT2D eigenvalue weighted by Crippen LogP contribution is 2.30. The Morgan fingerprint density at radius 3 is 2.43 bits per heavy atom. The molecule has 1 heterocycles. The second kappa shape index (κ2) is 7.52. The highest BCUT2D eigenvalue weighted by atomic mass is 35.5. The average Bonchev–Trinajstić information content (AvgIpc) is 3.27. The maximum Gasteiger partial charge on any atom is 0.130 e. The average molecular weight is 317 g/mol. The van der Waals surface area contributed by atoms with Gasteiger partial charge in [0.05, 0.1) is 0 Å². The number of piperidine rings is 1. The van der Waals surface area contributed by atoms with E-state index in [1.807, 2.05) is 0 Å². The highest BCUT2D eigenvalue weighted by molar-refractivity contribution is 5.85. The lowest BCUT2D eigenvalue weighted by Crippen LogP contribution is -2.39. The zero-order chi connectivity index (χ0) is 13.9. The van der Waals surface area contributed by atoms with Crippen LogP contribution in [0.15, 0.2) is 18.2 Å². The molecule has 1 aliphatic heterocycles. The monoisotopic (exact) mass is 316 g/mol. The van der Waals surface area contributed by atoms with Crippen LogP contribution in [0, 0.1) is 17.6 Å². The van der Waals surface area contributed by atoms with Crippen LogP contribution in [0.1, 0.15) is 31.2 Å². The molecule has 0 spiro atoms. The maximum atomic E-state index is 13.8. The second-order valence-corrected chi connectivity index (χ2v) is 6.07. The van der Waals surface area contributed by atoms with Gasteiger partial charge < -0.3 is 5.32 Å². The van der Waals surface area contributed by atoms with Crippen molar-refractivity contribution in [3.05, 3.63) is 35.4 Å². The zero-order valence-electron chi connectivity index (χ0n) is 12.2. The minimum atomic E-state index is -0.419. The first-order chi connectivity index (χ1) is 9.74. The van der Waals surface area contributed by atoms with Crippen molar-refractivity contribution in [3.8, 4) is 0 Å². The van der Waals surface area contributed by atoms with Gasteiger partial charge in [-0.15, -0.1) is 12.4 Å². The molecule has 2 aliphatic rings. The Balaban J connectivity index is 0.00000161. The normalized spacial score (nSPS) is 22.1. The summed E-state index contributed by atoms with van der Waals surface area (Å²) in [5.41, 5.74) is 0.225. The lowest BCUT2D eigenvalue weighted by molar-refractivity contribution is 0.188. The summed E-state index contributed by atoms with van der Waals surface area (Å²) in [6.07, 6.45) is 4.75. The van der Waals surface area contributed by atoms with Crippen LogP contribution < -0.4 is 5.32 Å². The van der Waals surface area contributed by atoms with Crippen molar-refractivity contribution in [2.45, 2.75) is 38.3 Å². The summed E-state index contributed by atoms with van der Waals surface area (Å²) >= 11 is 0. The number of benzene rings is 1. The Labute approximate surface area is 131 Å². The first kappa shape index (κ1) is 16.7. The van der Waals surface area contributed by atoms with Crippen molar-refractivity contribution in [3.63, 3.8) is 0 Å². The SMILES string of the molecule is Cl.Fc1cccc(F)c1CN(CC1CCCNC1)C1CC1. The number of hydrogen-bond donors (Lipinski definition) is 1. The van der Waals surface area contributed by atoms with Crippen LogP contribution in [-0.2, 0) is 6.54 Å². The highest BCUT2D eigenvalue weighted by Gasteiger charge is 2.31. The Bertz CT molecular complexity index is 439. The molecule has 1 saturated heterocycles. The second-order valence-electron chi connectivity index (χ2n) is 6.07. The molecule has 118 valence electrons. The van der Waals surface area contributed by atoms with Crippen LogP contribution in [0.3, 0.4) is 0 Å². The van der Waals surface area contributed by atoms with E-state index < -0.39 is 11.6 Å². The summed E-state index contributed by atoms with van der Waals surface area (Å²) in [5.74, 6) is -0.228. The first-order valence-corrected chi connectivity index (χ1v) is 7.61. The molecule has 21 heavy (non-hydrogen) atoms. The molecule has 1 unspecified atom stereocenters. The lowest BCUT2D eigenvalue weighted by Gasteiger charge is -2.30. The fraction of sp³-hybridized carbons (Fsp3) is 0.625. The fourth-order valence-electron chi connectivity index (χ4n) is 3.08. The van der Waals surface area contributed by atoms with Gasteiger partial charge in [0.15, 0.2) is 0 Å². The fourth-order valence-corrected chi connectivity index (χ4v) is 3.08. The van der Waals surface area contributed by atoms with E-state index in [-0.39, 0.29) is 18.0 Å². The van der Waals surface area contributed by atoms with Crippen molar-refractivity contribution < 1.29 is 8.78 Å². The van der Waals surface area contributed by atoms with Gasteiger partial charge in [-0.05, 0) is 56.8 Å². The standard InChI is InChI=1S/C16H22F2N2.ClH/c17-15-4-1-5-16(18)14(15)11-20(13-6-7-13)10-12-3-2-8-19-9-12;/h1,4-5,12-13,19H,2-3,6-11H2;1H. The Morgan fingerprint density at radius 2 is 1.86 bits per heavy atom. The van der Waals surface area contributed by atoms with E-state index in [2.05, 4.69) is 10.2 Å². The third-order valence-corrected chi connectivity index (χ3v) is 4.38. The van der Waals surface area contributed by atoms with Gasteiger partial charge in [-0.25, -0.2) is 8.78 Å². The number of halogens is 3. The van der Waals surface area contributed by atoms with Crippen LogP contribution in [0.5, 0.6) is 0 Å². The molecule has 1 aromatic rings. The number of rotatable bonds is 5. The van der Waals surface area contributed by atoms with Crippen LogP contribution >= 0.6 is 12.4 Å². The third-order valence-electron chi connectivity index (χ3n) is 4.38. The van der Waals surface area contributed by atoms with Crippen molar-refractivity contribution >= 4 is 12.4 Å². The molecule has 1 aliphatic carbocycles. The quantitative estimate of drug-likeness (QED) is 0.896. The Hall–Kier alpha value is -0.710. The van der Waals surface area contributed by atoms with E-state index in [4.69, 9.17) is 0 Å². The molecule has 0 radical (unpaired) electrons. The van der Waals surface area contributed by atoms with Gasteiger partial charge in [0.25, 0.3) is 0 Å². The van der Waals surface area contributed by atoms with Gasteiger partial charge in [-0.3, -0.25) is 4.90 Å². The molecule has 5 heteroatoms. The zero-order valence-corrected chi connectivity index (χ0v) is 13.0. The van der Waals surface area contributed by atoms with E-state index in [0.717, 1.165) is 32.5 Å². The molecule has 0 amide bonds. The van der Waals surface area contributed by atoms with Crippen molar-refractivity contribution in [2.75, 3.05) is 19.6 Å². The smallest absolute Gasteiger partial charge is 0.130 e. The molecule has 2 fully saturated rings. The lowest BCUT2D eigenvalue weighted by atomic mass is 9.98. The van der Waals surface area contributed by atoms with Gasteiger partial charge in [-0.2, -0.15) is 0 Å². The molecular formula is C16H23ClF2N2. The molecule has 1 atom stereocenters. The largest absolute Gasteiger partial charge is 0.316 e. The van der Waals surface area contributed by atoms with E-state index in [1.165, 1.54) is 31.0 Å². The summed E-state index contributed by atoms with van der Waals surface area (Å²) in [4.78, 5) is 2.28. The molecule has 3 rings (SSSR count). The Morgan fingerprint density at radius 1 is 1.14 bits per heavy atom. The minimum absolute atomic E-state index is 0. The molecule has 2 nitrogen and oxygen atoms in total. The summed E-state index contributed by atoms with van der Waals surface area (Å²) in [6.45, 7) is 3.48. The van der Waals surface area contributed by atoms with Gasteiger partial charge >= 0.3 is 0 Å². The molecule has 1 aromatic carbocycles. The third kappa shape index (κ3) is 4.38. The molecule has 0 bridgehead atoms. The summed E-state index contributed by atoms with van der Waals surface area (Å²) < 4.78 is 27.6. The van der Waals surface area contributed by atoms with Crippen molar-refractivity contribution in [1.82, 2.24) is 10.2 Å². The van der Waals surface area contributed by atoms with E-state index >= 15 is 0 Å². The summed E-state index contributed by atoms with van der Waals surface area (Å²) in [6, 6.07) is 4.66. The van der Waals surface area contributed by atoms with Crippen LogP contribution in [-0.4, -0.2) is 30.6 Å². The number of hydrogen-bond acceptors (Lipinski definition) is 2.